The molecule has 0 spiro atoms. The number of rotatable bonds is 0. The average Bonchev–Trinajstić information content (AvgIpc) is 2.72. The van der Waals surface area contributed by atoms with E-state index in [1.807, 2.05) is 13.0 Å². The molecule has 1 aromatic heterocycles. The number of anilines is 1. The summed E-state index contributed by atoms with van der Waals surface area (Å²) in [5, 5.41) is 8.98. The minimum atomic E-state index is 0.113. The highest BCUT2D eigenvalue weighted by Gasteiger charge is 2.38. The predicted molar refractivity (Wildman–Crippen MR) is 59.3 cm³/mol. The van der Waals surface area contributed by atoms with Crippen LogP contribution >= 0.6 is 0 Å². The summed E-state index contributed by atoms with van der Waals surface area (Å²) in [7, 11) is 0. The fraction of sp³-hybridized carbons (Fsp3) is 0.500. The van der Waals surface area contributed by atoms with Crippen LogP contribution in [0.15, 0.2) is 12.3 Å². The normalized spacial score (nSPS) is 26.6. The van der Waals surface area contributed by atoms with Gasteiger partial charge < -0.3 is 9.64 Å². The van der Waals surface area contributed by atoms with Crippen LogP contribution in [-0.4, -0.2) is 24.2 Å². The van der Waals surface area contributed by atoms with Crippen molar-refractivity contribution < 1.29 is 4.74 Å². The zero-order valence-electron chi connectivity index (χ0n) is 9.18. The number of hydrogen-bond donors (Lipinski definition) is 0. The lowest BCUT2D eigenvalue weighted by Crippen LogP contribution is -2.39. The maximum absolute atomic E-state index is 8.98. The fourth-order valence-corrected chi connectivity index (χ4v) is 2.52. The summed E-state index contributed by atoms with van der Waals surface area (Å²) in [6, 6.07) is 4.62. The molecule has 0 bridgehead atoms. The predicted octanol–water partition coefficient (Wildman–Crippen LogP) is 1.50. The summed E-state index contributed by atoms with van der Waals surface area (Å²) in [6.07, 6.45) is 2.70. The molecular weight excluding hydrogens is 202 g/mol. The molecule has 0 saturated carbocycles. The molecule has 0 radical (unpaired) electrons. The second kappa shape index (κ2) is 3.38. The summed E-state index contributed by atoms with van der Waals surface area (Å²) < 4.78 is 5.75. The van der Waals surface area contributed by atoms with E-state index in [-0.39, 0.29) is 5.92 Å². The maximum atomic E-state index is 8.98. The Morgan fingerprint density at radius 2 is 2.50 bits per heavy atom. The van der Waals surface area contributed by atoms with Gasteiger partial charge in [0.15, 0.2) is 11.6 Å². The van der Waals surface area contributed by atoms with E-state index in [4.69, 9.17) is 10.00 Å². The van der Waals surface area contributed by atoms with E-state index < -0.39 is 0 Å². The van der Waals surface area contributed by atoms with Crippen LogP contribution in [-0.2, 0) is 0 Å². The number of nitrogens with zero attached hydrogens (tertiary/aromatic N) is 3. The zero-order chi connectivity index (χ0) is 11.1. The SMILES string of the molecule is Cc1ccnc2c1OC[C@@H]1CC(C#N)CN21. The Labute approximate surface area is 94.5 Å². The molecule has 0 N–H and O–H groups in total. The Morgan fingerprint density at radius 3 is 3.31 bits per heavy atom. The van der Waals surface area contributed by atoms with Crippen molar-refractivity contribution in [3.63, 3.8) is 0 Å². The Balaban J connectivity index is 2.01. The molecule has 3 rings (SSSR count). The number of fused-ring (bicyclic) bond motifs is 3. The average molecular weight is 215 g/mol. The van der Waals surface area contributed by atoms with Crippen LogP contribution in [0, 0.1) is 24.2 Å². The highest BCUT2D eigenvalue weighted by Crippen LogP contribution is 2.39. The van der Waals surface area contributed by atoms with Gasteiger partial charge in [-0.2, -0.15) is 5.26 Å². The van der Waals surface area contributed by atoms with Gasteiger partial charge in [0.25, 0.3) is 0 Å². The number of hydrogen-bond acceptors (Lipinski definition) is 4. The van der Waals surface area contributed by atoms with Crippen LogP contribution in [0.25, 0.3) is 0 Å². The molecule has 82 valence electrons. The van der Waals surface area contributed by atoms with E-state index in [9.17, 15) is 0 Å². The molecule has 1 aromatic rings. The van der Waals surface area contributed by atoms with Crippen molar-refractivity contribution in [3.05, 3.63) is 17.8 Å². The summed E-state index contributed by atoms with van der Waals surface area (Å²) in [6.45, 7) is 3.49. The Bertz CT molecular complexity index is 466. The first-order valence-corrected chi connectivity index (χ1v) is 5.54. The van der Waals surface area contributed by atoms with Crippen molar-refractivity contribution in [2.24, 2.45) is 5.92 Å². The van der Waals surface area contributed by atoms with Crippen LogP contribution in [0.4, 0.5) is 5.82 Å². The van der Waals surface area contributed by atoms with E-state index in [1.165, 1.54) is 0 Å². The lowest BCUT2D eigenvalue weighted by atomic mass is 10.1. The molecule has 1 unspecified atom stereocenters. The van der Waals surface area contributed by atoms with E-state index in [0.29, 0.717) is 12.6 Å². The van der Waals surface area contributed by atoms with E-state index in [0.717, 1.165) is 30.1 Å². The Morgan fingerprint density at radius 1 is 1.62 bits per heavy atom. The first kappa shape index (κ1) is 9.46. The van der Waals surface area contributed by atoms with E-state index >= 15 is 0 Å². The molecule has 2 aliphatic rings. The van der Waals surface area contributed by atoms with Gasteiger partial charge in [-0.1, -0.05) is 0 Å². The van der Waals surface area contributed by atoms with Crippen LogP contribution < -0.4 is 9.64 Å². The van der Waals surface area contributed by atoms with Gasteiger partial charge in [0.1, 0.15) is 6.61 Å². The molecule has 0 aliphatic carbocycles. The van der Waals surface area contributed by atoms with Gasteiger partial charge in [0.05, 0.1) is 18.0 Å². The quantitative estimate of drug-likeness (QED) is 0.658. The lowest BCUT2D eigenvalue weighted by molar-refractivity contribution is 0.267. The van der Waals surface area contributed by atoms with Gasteiger partial charge >= 0.3 is 0 Å². The second-order valence-electron chi connectivity index (χ2n) is 4.46. The first-order valence-electron chi connectivity index (χ1n) is 5.54. The molecule has 0 amide bonds. The van der Waals surface area contributed by atoms with Crippen molar-refractivity contribution in [2.75, 3.05) is 18.1 Å². The fourth-order valence-electron chi connectivity index (χ4n) is 2.52. The van der Waals surface area contributed by atoms with Crippen LogP contribution in [0.3, 0.4) is 0 Å². The monoisotopic (exact) mass is 215 g/mol. The number of pyridine rings is 1. The molecule has 1 saturated heterocycles. The van der Waals surface area contributed by atoms with Gasteiger partial charge in [-0.15, -0.1) is 0 Å². The van der Waals surface area contributed by atoms with Crippen molar-refractivity contribution in [1.29, 1.82) is 5.26 Å². The third-order valence-electron chi connectivity index (χ3n) is 3.37. The lowest BCUT2D eigenvalue weighted by Gasteiger charge is -2.32. The first-order chi connectivity index (χ1) is 7.79. The summed E-state index contributed by atoms with van der Waals surface area (Å²) in [5.74, 6) is 1.91. The molecule has 3 heterocycles. The second-order valence-corrected chi connectivity index (χ2v) is 4.46. The van der Waals surface area contributed by atoms with Crippen molar-refractivity contribution in [2.45, 2.75) is 19.4 Å². The largest absolute Gasteiger partial charge is 0.487 e. The highest BCUT2D eigenvalue weighted by molar-refractivity contribution is 5.59. The van der Waals surface area contributed by atoms with Crippen molar-refractivity contribution >= 4 is 5.82 Å². The number of aromatic nitrogens is 1. The minimum Gasteiger partial charge on any atom is -0.487 e. The zero-order valence-corrected chi connectivity index (χ0v) is 9.18. The number of aryl methyl sites for hydroxylation is 1. The Kier molecular flexibility index (Phi) is 2.00. The van der Waals surface area contributed by atoms with Gasteiger partial charge in [-0.25, -0.2) is 4.98 Å². The molecule has 1 fully saturated rings. The molecule has 16 heavy (non-hydrogen) atoms. The number of ether oxygens (including phenoxy) is 1. The van der Waals surface area contributed by atoms with Gasteiger partial charge in [-0.05, 0) is 25.0 Å². The molecule has 2 atom stereocenters. The van der Waals surface area contributed by atoms with E-state index in [2.05, 4.69) is 16.0 Å². The van der Waals surface area contributed by atoms with Crippen LogP contribution in [0.1, 0.15) is 12.0 Å². The number of nitriles is 1. The minimum absolute atomic E-state index is 0.113. The molecule has 2 aliphatic heterocycles. The van der Waals surface area contributed by atoms with Crippen LogP contribution in [0.5, 0.6) is 5.75 Å². The molecule has 0 aromatic carbocycles. The van der Waals surface area contributed by atoms with Crippen LogP contribution in [0.2, 0.25) is 0 Å². The molecular formula is C12H13N3O. The topological polar surface area (TPSA) is 49.1 Å². The molecule has 4 heteroatoms. The standard InChI is InChI=1S/C12H13N3O/c1-8-2-3-14-12-11(8)16-7-10-4-9(5-13)6-15(10)12/h2-3,9-10H,4,6-7H2,1H3/t9?,10-/m0/s1. The summed E-state index contributed by atoms with van der Waals surface area (Å²) in [5.41, 5.74) is 1.11. The maximum Gasteiger partial charge on any atom is 0.172 e. The molecule has 4 nitrogen and oxygen atoms in total. The third kappa shape index (κ3) is 1.25. The van der Waals surface area contributed by atoms with Gasteiger partial charge in [-0.3, -0.25) is 0 Å². The summed E-state index contributed by atoms with van der Waals surface area (Å²) >= 11 is 0. The summed E-state index contributed by atoms with van der Waals surface area (Å²) in [4.78, 5) is 6.60. The van der Waals surface area contributed by atoms with Gasteiger partial charge in [0, 0.05) is 12.7 Å². The van der Waals surface area contributed by atoms with Crippen molar-refractivity contribution in [1.82, 2.24) is 4.98 Å². The van der Waals surface area contributed by atoms with E-state index in [1.54, 1.807) is 6.20 Å². The smallest absolute Gasteiger partial charge is 0.172 e. The third-order valence-corrected chi connectivity index (χ3v) is 3.37. The Hall–Kier alpha value is -1.76. The highest BCUT2D eigenvalue weighted by atomic mass is 16.5. The van der Waals surface area contributed by atoms with Crippen molar-refractivity contribution in [3.8, 4) is 11.8 Å². The van der Waals surface area contributed by atoms with Gasteiger partial charge in [0.2, 0.25) is 0 Å².